The van der Waals surface area contributed by atoms with Gasteiger partial charge in [-0.05, 0) is 42.7 Å². The van der Waals surface area contributed by atoms with Crippen molar-refractivity contribution in [1.82, 2.24) is 9.78 Å². The number of likely N-dealkylation sites (N-methyl/N-ethyl adjacent to an activating group) is 1. The smallest absolute Gasteiger partial charge is 0.242 e. The lowest BCUT2D eigenvalue weighted by molar-refractivity contribution is -0.126. The van der Waals surface area contributed by atoms with Crippen molar-refractivity contribution < 1.29 is 9.59 Å². The van der Waals surface area contributed by atoms with Crippen LogP contribution < -0.4 is 10.2 Å². The number of aryl methyl sites for hydroxylation is 2. The van der Waals surface area contributed by atoms with Crippen LogP contribution in [-0.2, 0) is 15.0 Å². The molecular formula is C22H20N4O2. The molecular weight excluding hydrogens is 352 g/mol. The molecule has 0 fully saturated rings. The van der Waals surface area contributed by atoms with E-state index >= 15 is 0 Å². The molecule has 2 aromatic carbocycles. The third-order valence-electron chi connectivity index (χ3n) is 5.90. The van der Waals surface area contributed by atoms with Crippen molar-refractivity contribution >= 4 is 23.3 Å². The molecule has 5 rings (SSSR count). The molecule has 3 heterocycles. The highest BCUT2D eigenvalue weighted by atomic mass is 16.2. The molecule has 6 nitrogen and oxygen atoms in total. The van der Waals surface area contributed by atoms with Crippen LogP contribution >= 0.6 is 0 Å². The van der Waals surface area contributed by atoms with Gasteiger partial charge in [-0.3, -0.25) is 9.59 Å². The number of aromatic nitrogens is 2. The largest absolute Gasteiger partial charge is 0.314 e. The highest BCUT2D eigenvalue weighted by Crippen LogP contribution is 2.51. The Morgan fingerprint density at radius 2 is 1.82 bits per heavy atom. The van der Waals surface area contributed by atoms with E-state index in [1.807, 2.05) is 56.3 Å². The van der Waals surface area contributed by atoms with Gasteiger partial charge in [-0.15, -0.1) is 0 Å². The minimum Gasteiger partial charge on any atom is -0.314 e. The van der Waals surface area contributed by atoms with Gasteiger partial charge >= 0.3 is 0 Å². The second-order valence-electron chi connectivity index (χ2n) is 7.62. The van der Waals surface area contributed by atoms with E-state index in [9.17, 15) is 9.59 Å². The Balaban J connectivity index is 1.79. The van der Waals surface area contributed by atoms with E-state index < -0.39 is 5.41 Å². The Morgan fingerprint density at radius 1 is 1.04 bits per heavy atom. The van der Waals surface area contributed by atoms with Gasteiger partial charge in [0.15, 0.2) is 0 Å². The second kappa shape index (κ2) is 5.55. The maximum absolute atomic E-state index is 13.4. The zero-order valence-electron chi connectivity index (χ0n) is 16.0. The number of benzene rings is 2. The Morgan fingerprint density at radius 3 is 2.64 bits per heavy atom. The first-order valence-electron chi connectivity index (χ1n) is 9.27. The molecule has 0 saturated carbocycles. The Kier molecular flexibility index (Phi) is 3.32. The summed E-state index contributed by atoms with van der Waals surface area (Å²) in [6, 6.07) is 13.8. The number of hydrogen-bond donors (Lipinski definition) is 1. The molecule has 1 spiro atoms. The van der Waals surface area contributed by atoms with Crippen molar-refractivity contribution in [2.45, 2.75) is 25.7 Å². The fourth-order valence-corrected chi connectivity index (χ4v) is 4.49. The minimum absolute atomic E-state index is 0.0820. The summed E-state index contributed by atoms with van der Waals surface area (Å²) in [5, 5.41) is 7.55. The molecule has 3 aromatic rings. The molecule has 2 aliphatic rings. The molecule has 2 aliphatic heterocycles. The minimum atomic E-state index is -1.03. The summed E-state index contributed by atoms with van der Waals surface area (Å²) in [7, 11) is 1.76. The van der Waals surface area contributed by atoms with Crippen LogP contribution in [-0.4, -0.2) is 28.6 Å². The van der Waals surface area contributed by atoms with Crippen LogP contribution in [0.25, 0.3) is 5.69 Å². The molecule has 1 N–H and O–H groups in total. The van der Waals surface area contributed by atoms with Crippen molar-refractivity contribution in [1.29, 1.82) is 0 Å². The second-order valence-corrected chi connectivity index (χ2v) is 7.62. The summed E-state index contributed by atoms with van der Waals surface area (Å²) in [5.41, 5.74) is 4.45. The molecule has 1 atom stereocenters. The lowest BCUT2D eigenvalue weighted by Crippen LogP contribution is -2.45. The van der Waals surface area contributed by atoms with Crippen LogP contribution in [0.2, 0.25) is 0 Å². The highest BCUT2D eigenvalue weighted by Gasteiger charge is 2.56. The first-order chi connectivity index (χ1) is 13.4. The Hall–Kier alpha value is -3.41. The Labute approximate surface area is 162 Å². The van der Waals surface area contributed by atoms with Crippen molar-refractivity contribution in [3.05, 3.63) is 70.9 Å². The number of nitrogens with one attached hydrogen (secondary N) is 1. The summed E-state index contributed by atoms with van der Waals surface area (Å²) in [4.78, 5) is 27.8. The molecule has 0 saturated heterocycles. The van der Waals surface area contributed by atoms with Gasteiger partial charge in [0.05, 0.1) is 11.9 Å². The lowest BCUT2D eigenvalue weighted by Gasteiger charge is -2.32. The van der Waals surface area contributed by atoms with Crippen molar-refractivity contribution in [2.75, 3.05) is 17.3 Å². The van der Waals surface area contributed by atoms with E-state index in [2.05, 4.69) is 10.4 Å². The zero-order valence-corrected chi connectivity index (χ0v) is 16.0. The number of fused-ring (bicyclic) bond motifs is 4. The fraction of sp³-hybridized carbons (Fsp3) is 0.227. The molecule has 0 bridgehead atoms. The molecule has 6 heteroatoms. The quantitative estimate of drug-likeness (QED) is 0.714. The first kappa shape index (κ1) is 16.7. The maximum atomic E-state index is 13.4. The van der Waals surface area contributed by atoms with Crippen LogP contribution in [0.4, 0.5) is 11.5 Å². The van der Waals surface area contributed by atoms with Crippen LogP contribution in [0.15, 0.2) is 48.7 Å². The third-order valence-corrected chi connectivity index (χ3v) is 5.90. The van der Waals surface area contributed by atoms with Gasteiger partial charge in [-0.2, -0.15) is 5.10 Å². The van der Waals surface area contributed by atoms with Crippen molar-refractivity contribution in [2.24, 2.45) is 0 Å². The molecule has 140 valence electrons. The molecule has 0 unspecified atom stereocenters. The summed E-state index contributed by atoms with van der Waals surface area (Å²) in [5.74, 6) is 0.298. The van der Waals surface area contributed by atoms with E-state index in [0.717, 1.165) is 33.6 Å². The van der Waals surface area contributed by atoms with Crippen LogP contribution in [0, 0.1) is 13.8 Å². The predicted octanol–water partition coefficient (Wildman–Crippen LogP) is 3.09. The van der Waals surface area contributed by atoms with Crippen LogP contribution in [0.3, 0.4) is 0 Å². The number of anilines is 2. The zero-order chi connectivity index (χ0) is 19.6. The van der Waals surface area contributed by atoms with E-state index in [0.29, 0.717) is 5.82 Å². The molecule has 28 heavy (non-hydrogen) atoms. The average molecular weight is 372 g/mol. The van der Waals surface area contributed by atoms with Gasteiger partial charge in [-0.1, -0.05) is 30.3 Å². The van der Waals surface area contributed by atoms with E-state index in [-0.39, 0.29) is 18.2 Å². The van der Waals surface area contributed by atoms with Gasteiger partial charge < -0.3 is 10.2 Å². The number of para-hydroxylation sites is 1. The van der Waals surface area contributed by atoms with Crippen LogP contribution in [0.5, 0.6) is 0 Å². The SMILES string of the molecule is Cc1ccc(C)c(-n2ncc3c2NC(=O)C[C@@]32C(=O)N(C)c3ccccc32)c1. The summed E-state index contributed by atoms with van der Waals surface area (Å²) in [6.45, 7) is 4.03. The lowest BCUT2D eigenvalue weighted by atomic mass is 9.72. The predicted molar refractivity (Wildman–Crippen MR) is 107 cm³/mol. The van der Waals surface area contributed by atoms with Crippen LogP contribution in [0.1, 0.15) is 28.7 Å². The maximum Gasteiger partial charge on any atom is 0.242 e. The van der Waals surface area contributed by atoms with Gasteiger partial charge in [0.2, 0.25) is 11.8 Å². The average Bonchev–Trinajstić information content (AvgIpc) is 3.19. The van der Waals surface area contributed by atoms with Gasteiger partial charge in [0, 0.05) is 24.7 Å². The molecule has 1 aromatic heterocycles. The molecule has 0 aliphatic carbocycles. The molecule has 2 amide bonds. The first-order valence-corrected chi connectivity index (χ1v) is 9.27. The number of carbonyl (C=O) groups excluding carboxylic acids is 2. The van der Waals surface area contributed by atoms with Gasteiger partial charge in [0.1, 0.15) is 11.2 Å². The number of carbonyl (C=O) groups is 2. The van der Waals surface area contributed by atoms with Crippen molar-refractivity contribution in [3.63, 3.8) is 0 Å². The van der Waals surface area contributed by atoms with Crippen molar-refractivity contribution in [3.8, 4) is 5.69 Å². The number of amides is 2. The van der Waals surface area contributed by atoms with Gasteiger partial charge in [0.25, 0.3) is 0 Å². The highest BCUT2D eigenvalue weighted by molar-refractivity contribution is 6.15. The summed E-state index contributed by atoms with van der Waals surface area (Å²) >= 11 is 0. The monoisotopic (exact) mass is 372 g/mol. The normalized spacial score (nSPS) is 20.3. The summed E-state index contributed by atoms with van der Waals surface area (Å²) < 4.78 is 1.74. The number of nitrogens with zero attached hydrogens (tertiary/aromatic N) is 3. The summed E-state index contributed by atoms with van der Waals surface area (Å²) in [6.07, 6.45) is 1.81. The van der Waals surface area contributed by atoms with E-state index in [1.165, 1.54) is 0 Å². The fourth-order valence-electron chi connectivity index (χ4n) is 4.49. The number of hydrogen-bond acceptors (Lipinski definition) is 3. The standard InChI is InChI=1S/C22H20N4O2/c1-13-8-9-14(2)18(10-13)26-20-16(12-23-26)22(11-19(27)24-20)15-6-4-5-7-17(15)25(3)21(22)28/h4-10,12H,11H2,1-3H3,(H,24,27)/t22-/m0/s1. The molecule has 0 radical (unpaired) electrons. The Bertz CT molecular complexity index is 1160. The topological polar surface area (TPSA) is 67.2 Å². The van der Waals surface area contributed by atoms with Gasteiger partial charge in [-0.25, -0.2) is 4.68 Å². The third kappa shape index (κ3) is 2.00. The van der Waals surface area contributed by atoms with E-state index in [1.54, 1.807) is 22.8 Å². The number of rotatable bonds is 1. The van der Waals surface area contributed by atoms with E-state index in [4.69, 9.17) is 0 Å².